The SMILES string of the molecule is CCCNc1nnc(CN2CCOCC2C(N)=O)s1. The lowest BCUT2D eigenvalue weighted by molar-refractivity contribution is -0.129. The van der Waals surface area contributed by atoms with Gasteiger partial charge in [0.2, 0.25) is 11.0 Å². The van der Waals surface area contributed by atoms with Gasteiger partial charge in [-0.25, -0.2) is 0 Å². The van der Waals surface area contributed by atoms with Gasteiger partial charge in [-0.1, -0.05) is 18.3 Å². The first-order valence-electron chi connectivity index (χ1n) is 6.38. The van der Waals surface area contributed by atoms with E-state index in [0.29, 0.717) is 26.3 Å². The summed E-state index contributed by atoms with van der Waals surface area (Å²) in [5, 5.41) is 13.1. The molecule has 1 aliphatic heterocycles. The summed E-state index contributed by atoms with van der Waals surface area (Å²) in [5.74, 6) is -0.353. The molecule has 1 aromatic heterocycles. The Bertz CT molecular complexity index is 425. The molecule has 7 nitrogen and oxygen atoms in total. The quantitative estimate of drug-likeness (QED) is 0.767. The number of aromatic nitrogens is 2. The van der Waals surface area contributed by atoms with Gasteiger partial charge in [0, 0.05) is 13.1 Å². The molecule has 1 atom stereocenters. The van der Waals surface area contributed by atoms with Gasteiger partial charge < -0.3 is 15.8 Å². The van der Waals surface area contributed by atoms with E-state index in [4.69, 9.17) is 10.5 Å². The van der Waals surface area contributed by atoms with Crippen molar-refractivity contribution in [2.75, 3.05) is 31.6 Å². The number of hydrogen-bond acceptors (Lipinski definition) is 7. The van der Waals surface area contributed by atoms with Crippen molar-refractivity contribution in [3.63, 3.8) is 0 Å². The predicted octanol–water partition coefficient (Wildman–Crippen LogP) is 0.0461. The molecule has 1 amide bonds. The number of amides is 1. The van der Waals surface area contributed by atoms with E-state index in [0.717, 1.165) is 23.1 Å². The smallest absolute Gasteiger partial charge is 0.237 e. The highest BCUT2D eigenvalue weighted by Gasteiger charge is 2.28. The lowest BCUT2D eigenvalue weighted by atomic mass is 10.2. The summed E-state index contributed by atoms with van der Waals surface area (Å²) in [4.78, 5) is 13.4. The number of primary amides is 1. The Morgan fingerprint density at radius 2 is 2.47 bits per heavy atom. The molecular weight excluding hydrogens is 266 g/mol. The minimum Gasteiger partial charge on any atom is -0.378 e. The summed E-state index contributed by atoms with van der Waals surface area (Å²) in [5.41, 5.74) is 5.38. The molecule has 0 spiro atoms. The molecular formula is C11H19N5O2S. The second-order valence-corrected chi connectivity index (χ2v) is 5.45. The summed E-state index contributed by atoms with van der Waals surface area (Å²) >= 11 is 1.51. The molecule has 1 fully saturated rings. The first-order valence-corrected chi connectivity index (χ1v) is 7.19. The number of carbonyl (C=O) groups is 1. The van der Waals surface area contributed by atoms with Crippen molar-refractivity contribution in [1.82, 2.24) is 15.1 Å². The number of nitrogens with two attached hydrogens (primary N) is 1. The van der Waals surface area contributed by atoms with Gasteiger partial charge in [0.15, 0.2) is 0 Å². The number of rotatable bonds is 6. The van der Waals surface area contributed by atoms with Gasteiger partial charge in [-0.15, -0.1) is 10.2 Å². The van der Waals surface area contributed by atoms with Crippen LogP contribution in [0.25, 0.3) is 0 Å². The van der Waals surface area contributed by atoms with E-state index >= 15 is 0 Å². The molecule has 0 aromatic carbocycles. The molecule has 0 saturated carbocycles. The van der Waals surface area contributed by atoms with E-state index in [9.17, 15) is 4.79 Å². The molecule has 2 heterocycles. The molecule has 106 valence electrons. The van der Waals surface area contributed by atoms with E-state index in [1.54, 1.807) is 0 Å². The van der Waals surface area contributed by atoms with Crippen LogP contribution in [-0.2, 0) is 16.1 Å². The number of anilines is 1. The van der Waals surface area contributed by atoms with Crippen LogP contribution in [0.1, 0.15) is 18.4 Å². The van der Waals surface area contributed by atoms with E-state index in [2.05, 4.69) is 22.4 Å². The fraction of sp³-hybridized carbons (Fsp3) is 0.727. The highest BCUT2D eigenvalue weighted by molar-refractivity contribution is 7.15. The molecule has 1 aliphatic rings. The summed E-state index contributed by atoms with van der Waals surface area (Å²) in [6.07, 6.45) is 1.04. The third-order valence-electron chi connectivity index (χ3n) is 2.90. The van der Waals surface area contributed by atoms with E-state index in [1.807, 2.05) is 4.90 Å². The second kappa shape index (κ2) is 6.78. The third kappa shape index (κ3) is 3.85. The van der Waals surface area contributed by atoms with Crippen LogP contribution in [0.3, 0.4) is 0 Å². The molecule has 19 heavy (non-hydrogen) atoms. The van der Waals surface area contributed by atoms with Gasteiger partial charge >= 0.3 is 0 Å². The molecule has 0 aliphatic carbocycles. The predicted molar refractivity (Wildman–Crippen MR) is 72.9 cm³/mol. The highest BCUT2D eigenvalue weighted by atomic mass is 32.1. The van der Waals surface area contributed by atoms with Gasteiger partial charge in [-0.3, -0.25) is 9.69 Å². The summed E-state index contributed by atoms with van der Waals surface area (Å²) in [7, 11) is 0. The largest absolute Gasteiger partial charge is 0.378 e. The Balaban J connectivity index is 1.94. The summed E-state index contributed by atoms with van der Waals surface area (Å²) in [6, 6.07) is -0.371. The van der Waals surface area contributed by atoms with Crippen LogP contribution in [0, 0.1) is 0 Å². The van der Waals surface area contributed by atoms with Gasteiger partial charge in [0.1, 0.15) is 11.0 Å². The van der Waals surface area contributed by atoms with Crippen LogP contribution < -0.4 is 11.1 Å². The van der Waals surface area contributed by atoms with E-state index < -0.39 is 0 Å². The Hall–Kier alpha value is -1.25. The van der Waals surface area contributed by atoms with Crippen LogP contribution in [0.15, 0.2) is 0 Å². The fourth-order valence-electron chi connectivity index (χ4n) is 1.88. The zero-order chi connectivity index (χ0) is 13.7. The first kappa shape index (κ1) is 14.2. The van der Waals surface area contributed by atoms with Crippen molar-refractivity contribution >= 4 is 22.4 Å². The minimum atomic E-state index is -0.371. The number of ether oxygens (including phenoxy) is 1. The van der Waals surface area contributed by atoms with E-state index in [-0.39, 0.29) is 11.9 Å². The van der Waals surface area contributed by atoms with Crippen LogP contribution >= 0.6 is 11.3 Å². The van der Waals surface area contributed by atoms with Gasteiger partial charge in [-0.2, -0.15) is 0 Å². The molecule has 1 saturated heterocycles. The normalized spacial score (nSPS) is 20.4. The van der Waals surface area contributed by atoms with Crippen molar-refractivity contribution in [2.45, 2.75) is 25.9 Å². The number of carbonyl (C=O) groups excluding carboxylic acids is 1. The Morgan fingerprint density at radius 3 is 3.21 bits per heavy atom. The molecule has 1 unspecified atom stereocenters. The topological polar surface area (TPSA) is 93.4 Å². The maximum Gasteiger partial charge on any atom is 0.237 e. The van der Waals surface area contributed by atoms with Crippen LogP contribution in [0.4, 0.5) is 5.13 Å². The Kier molecular flexibility index (Phi) is 5.06. The number of hydrogen-bond donors (Lipinski definition) is 2. The number of nitrogens with one attached hydrogen (secondary N) is 1. The monoisotopic (exact) mass is 285 g/mol. The van der Waals surface area contributed by atoms with Gasteiger partial charge in [-0.05, 0) is 6.42 Å². The van der Waals surface area contributed by atoms with Crippen molar-refractivity contribution < 1.29 is 9.53 Å². The molecule has 1 aromatic rings. The average molecular weight is 285 g/mol. The van der Waals surface area contributed by atoms with Crippen molar-refractivity contribution in [2.24, 2.45) is 5.73 Å². The standard InChI is InChI=1S/C11H19N5O2S/c1-2-3-13-11-15-14-9(19-11)6-16-4-5-18-7-8(16)10(12)17/h8H,2-7H2,1H3,(H2,12,17)(H,13,15). The van der Waals surface area contributed by atoms with Crippen LogP contribution in [0.2, 0.25) is 0 Å². The summed E-state index contributed by atoms with van der Waals surface area (Å²) < 4.78 is 5.28. The highest BCUT2D eigenvalue weighted by Crippen LogP contribution is 2.19. The Morgan fingerprint density at radius 1 is 1.63 bits per heavy atom. The van der Waals surface area contributed by atoms with Crippen LogP contribution in [-0.4, -0.2) is 53.3 Å². The number of morpholine rings is 1. The molecule has 2 rings (SSSR count). The van der Waals surface area contributed by atoms with Crippen LogP contribution in [0.5, 0.6) is 0 Å². The Labute approximate surface area is 116 Å². The van der Waals surface area contributed by atoms with Gasteiger partial charge in [0.05, 0.1) is 19.8 Å². The van der Waals surface area contributed by atoms with E-state index in [1.165, 1.54) is 11.3 Å². The van der Waals surface area contributed by atoms with Crippen molar-refractivity contribution in [1.29, 1.82) is 0 Å². The third-order valence-corrected chi connectivity index (χ3v) is 3.76. The van der Waals surface area contributed by atoms with Crippen molar-refractivity contribution in [3.8, 4) is 0 Å². The first-order chi connectivity index (χ1) is 9.20. The lowest BCUT2D eigenvalue weighted by Gasteiger charge is -2.32. The zero-order valence-corrected chi connectivity index (χ0v) is 11.8. The van der Waals surface area contributed by atoms with Gasteiger partial charge in [0.25, 0.3) is 0 Å². The molecule has 8 heteroatoms. The maximum atomic E-state index is 11.4. The lowest BCUT2D eigenvalue weighted by Crippen LogP contribution is -2.51. The number of nitrogens with zero attached hydrogens (tertiary/aromatic N) is 3. The fourth-order valence-corrected chi connectivity index (χ4v) is 2.68. The molecule has 0 radical (unpaired) electrons. The minimum absolute atomic E-state index is 0.353. The maximum absolute atomic E-state index is 11.4. The zero-order valence-electron chi connectivity index (χ0n) is 11.0. The summed E-state index contributed by atoms with van der Waals surface area (Å²) in [6.45, 7) is 5.22. The molecule has 0 bridgehead atoms. The second-order valence-electron chi connectivity index (χ2n) is 4.39. The molecule has 3 N–H and O–H groups in total. The average Bonchev–Trinajstić information content (AvgIpc) is 2.84. The van der Waals surface area contributed by atoms with Crippen molar-refractivity contribution in [3.05, 3.63) is 5.01 Å².